The standard InChI is InChI=1S/C6BrF9/c7-6(15,16)5(13,14)3(10)1(8)2(9)4(11)12. The maximum Gasteiger partial charge on any atom is 0.374 e. The second-order valence-corrected chi connectivity index (χ2v) is 3.27. The molecule has 0 N–H and O–H groups in total. The van der Waals surface area contributed by atoms with E-state index in [4.69, 9.17) is 0 Å². The van der Waals surface area contributed by atoms with Gasteiger partial charge >= 0.3 is 16.8 Å². The van der Waals surface area contributed by atoms with Crippen LogP contribution in [0.5, 0.6) is 0 Å². The van der Waals surface area contributed by atoms with Gasteiger partial charge in [-0.25, -0.2) is 8.78 Å². The van der Waals surface area contributed by atoms with E-state index in [2.05, 4.69) is 0 Å². The molecule has 0 aliphatic carbocycles. The summed E-state index contributed by atoms with van der Waals surface area (Å²) in [6, 6.07) is 0. The summed E-state index contributed by atoms with van der Waals surface area (Å²) < 4.78 is 108. The summed E-state index contributed by atoms with van der Waals surface area (Å²) in [6.07, 6.45) is -3.46. The van der Waals surface area contributed by atoms with E-state index in [1.165, 1.54) is 0 Å². The Hall–Kier alpha value is -0.670. The van der Waals surface area contributed by atoms with Crippen molar-refractivity contribution < 1.29 is 39.5 Å². The molecule has 10 heteroatoms. The third kappa shape index (κ3) is 2.92. The fourth-order valence-electron chi connectivity index (χ4n) is 0.442. The second kappa shape index (κ2) is 4.68. The van der Waals surface area contributed by atoms with E-state index in [9.17, 15) is 39.5 Å². The summed E-state index contributed by atoms with van der Waals surface area (Å²) in [5, 5.41) is 0. The lowest BCUT2D eigenvalue weighted by atomic mass is 10.2. The van der Waals surface area contributed by atoms with Crippen molar-refractivity contribution in [1.29, 1.82) is 0 Å². The van der Waals surface area contributed by atoms with Crippen LogP contribution in [0.1, 0.15) is 0 Å². The SMILES string of the molecule is FC(F)=C(F)C(F)=C(F)C(F)(F)C(F)(F)Br. The molecule has 0 fully saturated rings. The highest BCUT2D eigenvalue weighted by Gasteiger charge is 2.60. The van der Waals surface area contributed by atoms with Crippen molar-refractivity contribution >= 4 is 15.9 Å². The predicted molar refractivity (Wildman–Crippen MR) is 38.4 cm³/mol. The van der Waals surface area contributed by atoms with Crippen molar-refractivity contribution in [3.05, 3.63) is 23.6 Å². The van der Waals surface area contributed by atoms with Crippen molar-refractivity contribution in [2.24, 2.45) is 0 Å². The number of alkyl halides is 5. The van der Waals surface area contributed by atoms with E-state index in [0.29, 0.717) is 0 Å². The Bertz CT molecular complexity index is 332. The zero-order valence-electron chi connectivity index (χ0n) is 6.78. The zero-order chi connectivity index (χ0) is 13.3. The predicted octanol–water partition coefficient (Wildman–Crippen LogP) is 4.84. The highest BCUT2D eigenvalue weighted by Crippen LogP contribution is 2.46. The molecule has 0 unspecified atom stereocenters. The van der Waals surface area contributed by atoms with Gasteiger partial charge in [0.2, 0.25) is 17.5 Å². The lowest BCUT2D eigenvalue weighted by Crippen LogP contribution is -2.36. The molecule has 16 heavy (non-hydrogen) atoms. The van der Waals surface area contributed by atoms with Gasteiger partial charge in [0.1, 0.15) is 0 Å². The van der Waals surface area contributed by atoms with Gasteiger partial charge in [-0.3, -0.25) is 0 Å². The largest absolute Gasteiger partial charge is 0.374 e. The third-order valence-electron chi connectivity index (χ3n) is 1.18. The molecule has 0 bridgehead atoms. The minimum atomic E-state index is -5.80. The van der Waals surface area contributed by atoms with Crippen molar-refractivity contribution in [3.63, 3.8) is 0 Å². The van der Waals surface area contributed by atoms with Crippen LogP contribution in [-0.2, 0) is 0 Å². The minimum absolute atomic E-state index is 1.00. The van der Waals surface area contributed by atoms with E-state index in [-0.39, 0.29) is 0 Å². The van der Waals surface area contributed by atoms with Crippen LogP contribution < -0.4 is 0 Å². The van der Waals surface area contributed by atoms with Gasteiger partial charge in [0.05, 0.1) is 0 Å². The van der Waals surface area contributed by atoms with Gasteiger partial charge in [-0.2, -0.15) is 30.7 Å². The molecule has 0 aromatic rings. The summed E-state index contributed by atoms with van der Waals surface area (Å²) >= 11 is 1.00. The number of hydrogen-bond donors (Lipinski definition) is 0. The highest BCUT2D eigenvalue weighted by molar-refractivity contribution is 9.10. The fraction of sp³-hybridized carbons (Fsp3) is 0.333. The van der Waals surface area contributed by atoms with Crippen LogP contribution >= 0.6 is 15.9 Å². The lowest BCUT2D eigenvalue weighted by Gasteiger charge is -2.19. The maximum absolute atomic E-state index is 12.3. The van der Waals surface area contributed by atoms with Gasteiger partial charge < -0.3 is 0 Å². The normalized spacial score (nSPS) is 14.6. The van der Waals surface area contributed by atoms with Crippen molar-refractivity contribution in [3.8, 4) is 0 Å². The first-order chi connectivity index (χ1) is 6.93. The highest BCUT2D eigenvalue weighted by atomic mass is 79.9. The average molecular weight is 323 g/mol. The van der Waals surface area contributed by atoms with Gasteiger partial charge in [0.25, 0.3) is 0 Å². The average Bonchev–Trinajstić information content (AvgIpc) is 2.12. The van der Waals surface area contributed by atoms with Gasteiger partial charge in [-0.05, 0) is 15.9 Å². The van der Waals surface area contributed by atoms with Crippen molar-refractivity contribution in [2.75, 3.05) is 0 Å². The molecule has 0 aliphatic heterocycles. The smallest absolute Gasteiger partial charge is 0.201 e. The van der Waals surface area contributed by atoms with Gasteiger partial charge in [-0.15, -0.1) is 0 Å². The summed E-state index contributed by atoms with van der Waals surface area (Å²) in [7, 11) is 0. The van der Waals surface area contributed by atoms with Gasteiger partial charge in [0, 0.05) is 0 Å². The Balaban J connectivity index is 5.60. The number of allylic oxidation sites excluding steroid dienone is 3. The van der Waals surface area contributed by atoms with Crippen LogP contribution in [0.25, 0.3) is 0 Å². The Morgan fingerprint density at radius 3 is 1.38 bits per heavy atom. The van der Waals surface area contributed by atoms with Crippen LogP contribution in [0.4, 0.5) is 39.5 Å². The summed E-state index contributed by atoms with van der Waals surface area (Å²) in [4.78, 5) is -5.26. The van der Waals surface area contributed by atoms with Crippen LogP contribution in [-0.4, -0.2) is 10.8 Å². The Kier molecular flexibility index (Phi) is 4.48. The molecule has 0 atom stereocenters. The molecule has 0 heterocycles. The third-order valence-corrected chi connectivity index (χ3v) is 1.68. The molecular weight excluding hydrogens is 323 g/mol. The minimum Gasteiger partial charge on any atom is -0.201 e. The number of hydrogen-bond acceptors (Lipinski definition) is 0. The van der Waals surface area contributed by atoms with Crippen LogP contribution in [0.2, 0.25) is 0 Å². The molecule has 0 saturated heterocycles. The summed E-state index contributed by atoms with van der Waals surface area (Å²) in [6.45, 7) is 0. The first-order valence-electron chi connectivity index (χ1n) is 3.14. The van der Waals surface area contributed by atoms with Crippen LogP contribution in [0, 0.1) is 0 Å². The maximum atomic E-state index is 12.3. The van der Waals surface area contributed by atoms with E-state index in [1.807, 2.05) is 0 Å². The molecule has 94 valence electrons. The number of halogens is 10. The molecule has 0 aromatic carbocycles. The Morgan fingerprint density at radius 2 is 1.12 bits per heavy atom. The summed E-state index contributed by atoms with van der Waals surface area (Å²) in [5.41, 5.74) is 0. The van der Waals surface area contributed by atoms with Gasteiger partial charge in [0.15, 0.2) is 0 Å². The van der Waals surface area contributed by atoms with Gasteiger partial charge in [-0.1, -0.05) is 0 Å². The molecule has 0 amide bonds. The molecule has 0 aliphatic rings. The molecule has 0 radical (unpaired) electrons. The Morgan fingerprint density at radius 1 is 0.750 bits per heavy atom. The fourth-order valence-corrected chi connectivity index (χ4v) is 0.616. The molecule has 0 rings (SSSR count). The van der Waals surface area contributed by atoms with E-state index in [0.717, 1.165) is 15.9 Å². The monoisotopic (exact) mass is 322 g/mol. The zero-order valence-corrected chi connectivity index (χ0v) is 8.37. The summed E-state index contributed by atoms with van der Waals surface area (Å²) in [5.74, 6) is -16.1. The van der Waals surface area contributed by atoms with Crippen LogP contribution in [0.3, 0.4) is 0 Å². The first kappa shape index (κ1) is 15.3. The van der Waals surface area contributed by atoms with Crippen LogP contribution in [0.15, 0.2) is 23.6 Å². The van der Waals surface area contributed by atoms with E-state index >= 15 is 0 Å². The van der Waals surface area contributed by atoms with Crippen molar-refractivity contribution in [1.82, 2.24) is 0 Å². The van der Waals surface area contributed by atoms with E-state index in [1.54, 1.807) is 0 Å². The molecule has 0 aromatic heterocycles. The lowest BCUT2D eigenvalue weighted by molar-refractivity contribution is -0.133. The van der Waals surface area contributed by atoms with E-state index < -0.39 is 34.3 Å². The first-order valence-corrected chi connectivity index (χ1v) is 3.93. The quantitative estimate of drug-likeness (QED) is 0.396. The van der Waals surface area contributed by atoms with Crippen molar-refractivity contribution in [2.45, 2.75) is 10.8 Å². The second-order valence-electron chi connectivity index (χ2n) is 2.27. The molecular formula is C6BrF9. The number of rotatable bonds is 3. The molecule has 0 saturated carbocycles. The topological polar surface area (TPSA) is 0 Å². The molecule has 0 nitrogen and oxygen atoms in total. The Labute approximate surface area is 90.5 Å². The molecule has 0 spiro atoms.